The number of hydrazone groups is 1. The second-order valence-corrected chi connectivity index (χ2v) is 2.93. The number of hydrogen-bond donors (Lipinski definition) is 2. The zero-order valence-electron chi connectivity index (χ0n) is 7.92. The van der Waals surface area contributed by atoms with Gasteiger partial charge in [0.05, 0.1) is 18.2 Å². The zero-order valence-corrected chi connectivity index (χ0v) is 7.92. The van der Waals surface area contributed by atoms with Crippen LogP contribution in [0.25, 0.3) is 0 Å². The average molecular weight is 202 g/mol. The third kappa shape index (κ3) is 2.60. The Kier molecular flexibility index (Phi) is 2.69. The molecule has 0 amide bonds. The molecule has 1 aromatic carbocycles. The van der Waals surface area contributed by atoms with E-state index in [1.54, 1.807) is 42.8 Å². The van der Waals surface area contributed by atoms with E-state index in [0.29, 0.717) is 5.76 Å². The van der Waals surface area contributed by atoms with Gasteiger partial charge >= 0.3 is 0 Å². The largest absolute Gasteiger partial charge is 0.508 e. The van der Waals surface area contributed by atoms with Gasteiger partial charge in [-0.25, -0.2) is 0 Å². The summed E-state index contributed by atoms with van der Waals surface area (Å²) in [6.45, 7) is 0. The first-order valence-corrected chi connectivity index (χ1v) is 4.46. The molecule has 0 spiro atoms. The van der Waals surface area contributed by atoms with Gasteiger partial charge in [-0.3, -0.25) is 5.43 Å². The average Bonchev–Trinajstić information content (AvgIpc) is 2.74. The van der Waals surface area contributed by atoms with Crippen molar-refractivity contribution < 1.29 is 9.52 Å². The molecule has 4 nitrogen and oxygen atoms in total. The minimum Gasteiger partial charge on any atom is -0.508 e. The summed E-state index contributed by atoms with van der Waals surface area (Å²) in [6, 6.07) is 10.2. The van der Waals surface area contributed by atoms with E-state index in [-0.39, 0.29) is 5.75 Å². The van der Waals surface area contributed by atoms with Crippen molar-refractivity contribution in [2.75, 3.05) is 5.43 Å². The van der Waals surface area contributed by atoms with E-state index in [1.807, 2.05) is 6.07 Å². The molecule has 4 heteroatoms. The molecule has 15 heavy (non-hydrogen) atoms. The van der Waals surface area contributed by atoms with Gasteiger partial charge in [0.1, 0.15) is 11.5 Å². The molecule has 1 aromatic heterocycles. The Balaban J connectivity index is 1.96. The number of furan rings is 1. The van der Waals surface area contributed by atoms with Gasteiger partial charge in [0.2, 0.25) is 0 Å². The fraction of sp³-hybridized carbons (Fsp3) is 0. The summed E-state index contributed by atoms with van der Waals surface area (Å²) >= 11 is 0. The fourth-order valence-electron chi connectivity index (χ4n) is 1.07. The fourth-order valence-corrected chi connectivity index (χ4v) is 1.07. The highest BCUT2D eigenvalue weighted by Gasteiger charge is 1.90. The monoisotopic (exact) mass is 202 g/mol. The van der Waals surface area contributed by atoms with Crippen molar-refractivity contribution in [1.82, 2.24) is 0 Å². The maximum absolute atomic E-state index is 9.05. The number of aromatic hydroxyl groups is 1. The predicted molar refractivity (Wildman–Crippen MR) is 58.0 cm³/mol. The minimum absolute atomic E-state index is 0.232. The first kappa shape index (κ1) is 9.33. The van der Waals surface area contributed by atoms with Crippen molar-refractivity contribution >= 4 is 11.9 Å². The van der Waals surface area contributed by atoms with Gasteiger partial charge in [0, 0.05) is 0 Å². The third-order valence-corrected chi connectivity index (χ3v) is 1.80. The van der Waals surface area contributed by atoms with Crippen LogP contribution in [0.1, 0.15) is 5.76 Å². The Morgan fingerprint density at radius 2 is 2.00 bits per heavy atom. The van der Waals surface area contributed by atoms with Gasteiger partial charge in [-0.1, -0.05) is 0 Å². The van der Waals surface area contributed by atoms with E-state index in [1.165, 1.54) is 0 Å². The molecule has 0 bridgehead atoms. The van der Waals surface area contributed by atoms with Crippen LogP contribution in [0.4, 0.5) is 5.69 Å². The Morgan fingerprint density at radius 3 is 2.67 bits per heavy atom. The number of phenols is 1. The summed E-state index contributed by atoms with van der Waals surface area (Å²) in [6.07, 6.45) is 3.16. The summed E-state index contributed by atoms with van der Waals surface area (Å²) in [4.78, 5) is 0. The first-order valence-electron chi connectivity index (χ1n) is 4.46. The summed E-state index contributed by atoms with van der Waals surface area (Å²) < 4.78 is 5.06. The molecule has 0 atom stereocenters. The molecule has 0 aliphatic carbocycles. The zero-order chi connectivity index (χ0) is 10.5. The standard InChI is InChI=1S/C11H10N2O2/c14-10-5-3-9(4-6-10)13-12-8-11-2-1-7-15-11/h1-8,13-14H/b12-8+. The number of rotatable bonds is 3. The van der Waals surface area contributed by atoms with Gasteiger partial charge in [0.25, 0.3) is 0 Å². The maximum atomic E-state index is 9.05. The topological polar surface area (TPSA) is 57.8 Å². The summed E-state index contributed by atoms with van der Waals surface area (Å²) in [5.41, 5.74) is 3.61. The second kappa shape index (κ2) is 4.32. The van der Waals surface area contributed by atoms with Crippen LogP contribution >= 0.6 is 0 Å². The van der Waals surface area contributed by atoms with Gasteiger partial charge in [-0.2, -0.15) is 5.10 Å². The van der Waals surface area contributed by atoms with Gasteiger partial charge < -0.3 is 9.52 Å². The number of anilines is 1. The molecule has 76 valence electrons. The van der Waals surface area contributed by atoms with Crippen molar-refractivity contribution in [3.8, 4) is 5.75 Å². The van der Waals surface area contributed by atoms with Crippen LogP contribution < -0.4 is 5.43 Å². The van der Waals surface area contributed by atoms with Crippen LogP contribution in [0.15, 0.2) is 52.2 Å². The maximum Gasteiger partial charge on any atom is 0.146 e. The lowest BCUT2D eigenvalue weighted by Gasteiger charge is -1.98. The van der Waals surface area contributed by atoms with Gasteiger partial charge in [-0.15, -0.1) is 0 Å². The molecular weight excluding hydrogens is 192 g/mol. The van der Waals surface area contributed by atoms with Crippen molar-refractivity contribution in [1.29, 1.82) is 0 Å². The Labute approximate surface area is 86.9 Å². The van der Waals surface area contributed by atoms with E-state index in [4.69, 9.17) is 9.52 Å². The Hall–Kier alpha value is -2.23. The molecule has 2 aromatic rings. The van der Waals surface area contributed by atoms with Crippen molar-refractivity contribution in [3.63, 3.8) is 0 Å². The quantitative estimate of drug-likeness (QED) is 0.456. The Bertz CT molecular complexity index is 432. The molecule has 2 N–H and O–H groups in total. The summed E-state index contributed by atoms with van der Waals surface area (Å²) in [7, 11) is 0. The van der Waals surface area contributed by atoms with Crippen LogP contribution in [-0.4, -0.2) is 11.3 Å². The van der Waals surface area contributed by atoms with Gasteiger partial charge in [0.15, 0.2) is 0 Å². The number of phenolic OH excluding ortho intramolecular Hbond substituents is 1. The lowest BCUT2D eigenvalue weighted by atomic mass is 10.3. The molecule has 0 unspecified atom stereocenters. The molecule has 0 radical (unpaired) electrons. The lowest BCUT2D eigenvalue weighted by molar-refractivity contribution is 0.475. The van der Waals surface area contributed by atoms with Crippen molar-refractivity contribution in [3.05, 3.63) is 48.4 Å². The molecule has 1 heterocycles. The normalized spacial score (nSPS) is 10.7. The number of nitrogens with one attached hydrogen (secondary N) is 1. The highest BCUT2D eigenvalue weighted by Crippen LogP contribution is 2.13. The van der Waals surface area contributed by atoms with Gasteiger partial charge in [-0.05, 0) is 36.4 Å². The first-order chi connectivity index (χ1) is 7.34. The molecular formula is C11H10N2O2. The minimum atomic E-state index is 0.232. The smallest absolute Gasteiger partial charge is 0.146 e. The molecule has 0 aliphatic rings. The summed E-state index contributed by atoms with van der Waals surface area (Å²) in [5, 5.41) is 13.0. The van der Waals surface area contributed by atoms with Crippen molar-refractivity contribution in [2.24, 2.45) is 5.10 Å². The second-order valence-electron chi connectivity index (χ2n) is 2.93. The SMILES string of the molecule is Oc1ccc(N/N=C/c2ccco2)cc1. The van der Waals surface area contributed by atoms with Crippen LogP contribution in [-0.2, 0) is 0 Å². The molecule has 0 fully saturated rings. The Morgan fingerprint density at radius 1 is 1.20 bits per heavy atom. The van der Waals surface area contributed by atoms with Crippen LogP contribution in [0.5, 0.6) is 5.75 Å². The van der Waals surface area contributed by atoms with E-state index in [9.17, 15) is 0 Å². The van der Waals surface area contributed by atoms with E-state index < -0.39 is 0 Å². The highest BCUT2D eigenvalue weighted by molar-refractivity contribution is 5.76. The lowest BCUT2D eigenvalue weighted by Crippen LogP contribution is -1.88. The number of nitrogens with zero attached hydrogens (tertiary/aromatic N) is 1. The molecule has 2 rings (SSSR count). The van der Waals surface area contributed by atoms with Crippen LogP contribution in [0, 0.1) is 0 Å². The third-order valence-electron chi connectivity index (χ3n) is 1.80. The number of benzene rings is 1. The molecule has 0 saturated carbocycles. The van der Waals surface area contributed by atoms with Crippen molar-refractivity contribution in [2.45, 2.75) is 0 Å². The van der Waals surface area contributed by atoms with E-state index >= 15 is 0 Å². The van der Waals surface area contributed by atoms with Crippen LogP contribution in [0.2, 0.25) is 0 Å². The summed E-state index contributed by atoms with van der Waals surface area (Å²) in [5.74, 6) is 0.914. The highest BCUT2D eigenvalue weighted by atomic mass is 16.3. The van der Waals surface area contributed by atoms with E-state index in [2.05, 4.69) is 10.5 Å². The molecule has 0 aliphatic heterocycles. The van der Waals surface area contributed by atoms with Crippen LogP contribution in [0.3, 0.4) is 0 Å². The molecule has 0 saturated heterocycles. The van der Waals surface area contributed by atoms with E-state index in [0.717, 1.165) is 5.69 Å². The predicted octanol–water partition coefficient (Wildman–Crippen LogP) is 2.43. The number of hydrogen-bond acceptors (Lipinski definition) is 4.